The molecule has 1 aliphatic heterocycles. The third-order valence-electron chi connectivity index (χ3n) is 4.50. The number of nitrogens with zero attached hydrogens (tertiary/aromatic N) is 3. The monoisotopic (exact) mass is 349 g/mol. The van der Waals surface area contributed by atoms with Crippen molar-refractivity contribution in [2.45, 2.75) is 19.4 Å². The SMILES string of the molecule is O=c1c2cc([N+](=O)[O-])ccc2nc2n1CCC/C2=C\c1ccc(O)cc1. The topological polar surface area (TPSA) is 98.3 Å². The molecule has 0 atom stereocenters. The number of phenolic OH excluding ortho intramolecular Hbond substituents is 1. The normalized spacial score (nSPS) is 15.2. The van der Waals surface area contributed by atoms with Gasteiger partial charge in [0.05, 0.1) is 15.8 Å². The summed E-state index contributed by atoms with van der Waals surface area (Å²) in [5, 5.41) is 20.6. The molecule has 0 spiro atoms. The van der Waals surface area contributed by atoms with Gasteiger partial charge in [0, 0.05) is 18.7 Å². The van der Waals surface area contributed by atoms with Crippen LogP contribution in [-0.4, -0.2) is 19.6 Å². The smallest absolute Gasteiger partial charge is 0.270 e. The molecule has 0 aliphatic carbocycles. The Morgan fingerprint density at radius 1 is 1.19 bits per heavy atom. The van der Waals surface area contributed by atoms with Crippen molar-refractivity contribution in [1.29, 1.82) is 0 Å². The Bertz CT molecular complexity index is 1110. The van der Waals surface area contributed by atoms with E-state index in [9.17, 15) is 20.0 Å². The molecule has 7 heteroatoms. The fraction of sp³-hybridized carbons (Fsp3) is 0.158. The predicted octanol–water partition coefficient (Wildman–Crippen LogP) is 3.34. The molecule has 0 fully saturated rings. The largest absolute Gasteiger partial charge is 0.508 e. The van der Waals surface area contributed by atoms with Crippen molar-refractivity contribution in [2.24, 2.45) is 0 Å². The summed E-state index contributed by atoms with van der Waals surface area (Å²) in [6, 6.07) is 11.0. The van der Waals surface area contributed by atoms with Crippen LogP contribution >= 0.6 is 0 Å². The lowest BCUT2D eigenvalue weighted by Crippen LogP contribution is -2.27. The van der Waals surface area contributed by atoms with Crippen LogP contribution in [0.4, 0.5) is 5.69 Å². The first kappa shape index (κ1) is 16.0. The molecule has 26 heavy (non-hydrogen) atoms. The van der Waals surface area contributed by atoms with E-state index in [2.05, 4.69) is 4.98 Å². The van der Waals surface area contributed by atoms with E-state index in [1.54, 1.807) is 28.8 Å². The summed E-state index contributed by atoms with van der Waals surface area (Å²) in [6.07, 6.45) is 3.53. The molecule has 2 aromatic carbocycles. The Morgan fingerprint density at radius 2 is 1.96 bits per heavy atom. The molecular weight excluding hydrogens is 334 g/mol. The number of non-ortho nitro benzene ring substituents is 1. The fourth-order valence-corrected chi connectivity index (χ4v) is 3.22. The van der Waals surface area contributed by atoms with Gasteiger partial charge in [-0.15, -0.1) is 0 Å². The molecule has 130 valence electrons. The average Bonchev–Trinajstić information content (AvgIpc) is 2.64. The number of hydrogen-bond donors (Lipinski definition) is 1. The van der Waals surface area contributed by atoms with Crippen LogP contribution in [0.15, 0.2) is 47.3 Å². The highest BCUT2D eigenvalue weighted by atomic mass is 16.6. The highest BCUT2D eigenvalue weighted by Crippen LogP contribution is 2.28. The second-order valence-electron chi connectivity index (χ2n) is 6.22. The van der Waals surface area contributed by atoms with Crippen molar-refractivity contribution in [3.05, 3.63) is 74.3 Å². The molecule has 0 bridgehead atoms. The minimum atomic E-state index is -0.515. The van der Waals surface area contributed by atoms with Crippen molar-refractivity contribution in [3.63, 3.8) is 0 Å². The van der Waals surface area contributed by atoms with E-state index in [1.165, 1.54) is 18.2 Å². The highest BCUT2D eigenvalue weighted by molar-refractivity contribution is 5.85. The van der Waals surface area contributed by atoms with Crippen LogP contribution in [-0.2, 0) is 6.54 Å². The second kappa shape index (κ2) is 6.11. The zero-order valence-corrected chi connectivity index (χ0v) is 13.8. The number of aromatic hydroxyl groups is 1. The van der Waals surface area contributed by atoms with Gasteiger partial charge in [-0.3, -0.25) is 19.5 Å². The number of nitro benzene ring substituents is 1. The van der Waals surface area contributed by atoms with Crippen LogP contribution in [0, 0.1) is 10.1 Å². The van der Waals surface area contributed by atoms with Crippen molar-refractivity contribution in [1.82, 2.24) is 9.55 Å². The molecular formula is C19H15N3O4. The van der Waals surface area contributed by atoms with E-state index in [4.69, 9.17) is 0 Å². The summed E-state index contributed by atoms with van der Waals surface area (Å²) in [5.41, 5.74) is 1.91. The first-order valence-corrected chi connectivity index (χ1v) is 8.22. The quantitative estimate of drug-likeness (QED) is 0.565. The number of phenols is 1. The molecule has 4 rings (SSSR count). The lowest BCUT2D eigenvalue weighted by Gasteiger charge is -2.20. The van der Waals surface area contributed by atoms with Gasteiger partial charge in [-0.05, 0) is 48.3 Å². The lowest BCUT2D eigenvalue weighted by molar-refractivity contribution is -0.384. The number of rotatable bonds is 2. The van der Waals surface area contributed by atoms with Crippen LogP contribution in [0.2, 0.25) is 0 Å². The van der Waals surface area contributed by atoms with Gasteiger partial charge in [0.2, 0.25) is 0 Å². The van der Waals surface area contributed by atoms with Crippen LogP contribution in [0.5, 0.6) is 5.75 Å². The number of nitro groups is 1. The summed E-state index contributed by atoms with van der Waals surface area (Å²) < 4.78 is 1.59. The molecule has 2 heterocycles. The molecule has 0 saturated heterocycles. The molecule has 0 amide bonds. The van der Waals surface area contributed by atoms with E-state index in [0.29, 0.717) is 17.9 Å². The van der Waals surface area contributed by atoms with Crippen LogP contribution in [0.1, 0.15) is 24.2 Å². The third kappa shape index (κ3) is 2.73. The molecule has 0 unspecified atom stereocenters. The minimum absolute atomic E-state index is 0.118. The molecule has 1 aliphatic rings. The van der Waals surface area contributed by atoms with Crippen molar-refractivity contribution < 1.29 is 10.0 Å². The number of fused-ring (bicyclic) bond motifs is 2. The first-order valence-electron chi connectivity index (χ1n) is 8.22. The van der Waals surface area contributed by atoms with Crippen molar-refractivity contribution in [3.8, 4) is 5.75 Å². The van der Waals surface area contributed by atoms with Gasteiger partial charge in [-0.1, -0.05) is 12.1 Å². The molecule has 1 aromatic heterocycles. The summed E-state index contributed by atoms with van der Waals surface area (Å²) in [6.45, 7) is 0.534. The van der Waals surface area contributed by atoms with E-state index in [1.807, 2.05) is 6.08 Å². The van der Waals surface area contributed by atoms with E-state index >= 15 is 0 Å². The molecule has 0 radical (unpaired) electrons. The maximum absolute atomic E-state index is 12.8. The van der Waals surface area contributed by atoms with Crippen molar-refractivity contribution in [2.75, 3.05) is 0 Å². The van der Waals surface area contributed by atoms with Gasteiger partial charge in [-0.2, -0.15) is 0 Å². The minimum Gasteiger partial charge on any atom is -0.508 e. The zero-order valence-electron chi connectivity index (χ0n) is 13.8. The average molecular weight is 349 g/mol. The Hall–Kier alpha value is -3.48. The number of allylic oxidation sites excluding steroid dienone is 1. The molecule has 1 N–H and O–H groups in total. The first-order chi connectivity index (χ1) is 12.5. The summed E-state index contributed by atoms with van der Waals surface area (Å²) in [4.78, 5) is 27.9. The number of benzene rings is 2. The van der Waals surface area contributed by atoms with Gasteiger partial charge >= 0.3 is 0 Å². The lowest BCUT2D eigenvalue weighted by atomic mass is 10.0. The van der Waals surface area contributed by atoms with E-state index in [-0.39, 0.29) is 22.4 Å². The third-order valence-corrected chi connectivity index (χ3v) is 4.50. The zero-order chi connectivity index (χ0) is 18.3. The molecule has 3 aromatic rings. The van der Waals surface area contributed by atoms with Gasteiger partial charge in [0.25, 0.3) is 11.2 Å². The van der Waals surface area contributed by atoms with Gasteiger partial charge < -0.3 is 5.11 Å². The van der Waals surface area contributed by atoms with Crippen LogP contribution in [0.25, 0.3) is 22.6 Å². The summed E-state index contributed by atoms with van der Waals surface area (Å²) in [5.74, 6) is 0.786. The Kier molecular flexibility index (Phi) is 3.76. The Morgan fingerprint density at radius 3 is 2.69 bits per heavy atom. The Labute approximate surface area is 148 Å². The highest BCUT2D eigenvalue weighted by Gasteiger charge is 2.20. The van der Waals surface area contributed by atoms with Crippen LogP contribution in [0.3, 0.4) is 0 Å². The standard InChI is InChI=1S/C19H15N3O4/c23-15-6-3-12(4-7-15)10-13-2-1-9-21-18(13)20-17-8-5-14(22(25)26)11-16(17)19(21)24/h3-8,10-11,23H,1-2,9H2/b13-10+. The predicted molar refractivity (Wildman–Crippen MR) is 97.9 cm³/mol. The molecule has 7 nitrogen and oxygen atoms in total. The summed E-state index contributed by atoms with van der Waals surface area (Å²) >= 11 is 0. The fourth-order valence-electron chi connectivity index (χ4n) is 3.22. The second-order valence-corrected chi connectivity index (χ2v) is 6.22. The van der Waals surface area contributed by atoms with E-state index in [0.717, 1.165) is 24.0 Å². The number of aromatic nitrogens is 2. The van der Waals surface area contributed by atoms with E-state index < -0.39 is 4.92 Å². The van der Waals surface area contributed by atoms with Crippen molar-refractivity contribution >= 4 is 28.2 Å². The van der Waals surface area contributed by atoms with Gasteiger partial charge in [0.1, 0.15) is 11.6 Å². The summed E-state index contributed by atoms with van der Waals surface area (Å²) in [7, 11) is 0. The molecule has 0 saturated carbocycles. The van der Waals surface area contributed by atoms with Gasteiger partial charge in [-0.25, -0.2) is 4.98 Å². The maximum atomic E-state index is 12.8. The van der Waals surface area contributed by atoms with Gasteiger partial charge in [0.15, 0.2) is 0 Å². The maximum Gasteiger partial charge on any atom is 0.270 e. The van der Waals surface area contributed by atoms with Crippen LogP contribution < -0.4 is 5.56 Å². The Balaban J connectivity index is 1.89. The number of hydrogen-bond acceptors (Lipinski definition) is 5.